The number of nitrogens with zero attached hydrogens (tertiary/aromatic N) is 2. The number of hydrogen-bond donors (Lipinski definition) is 0. The number of rotatable bonds is 4. The van der Waals surface area contributed by atoms with Gasteiger partial charge in [0.2, 0.25) is 0 Å². The zero-order valence-corrected chi connectivity index (χ0v) is 30.7. The molecule has 8 aromatic carbocycles. The lowest BCUT2D eigenvalue weighted by Crippen LogP contribution is -2.14. The van der Waals surface area contributed by atoms with Crippen molar-refractivity contribution in [3.05, 3.63) is 193 Å². The van der Waals surface area contributed by atoms with Crippen LogP contribution in [0.3, 0.4) is 0 Å². The molecule has 0 N–H and O–H groups in total. The Morgan fingerprint density at radius 1 is 0.345 bits per heavy atom. The Labute approximate surface area is 320 Å². The first kappa shape index (κ1) is 31.6. The zero-order valence-electron chi connectivity index (χ0n) is 30.7. The maximum Gasteiger partial charge on any atom is 0.0972 e. The summed E-state index contributed by atoms with van der Waals surface area (Å²) in [4.78, 5) is 10.6. The van der Waals surface area contributed by atoms with Crippen LogP contribution in [0.1, 0.15) is 25.0 Å². The molecule has 11 rings (SSSR count). The van der Waals surface area contributed by atoms with Crippen LogP contribution in [0.2, 0.25) is 0 Å². The number of hydrogen-bond acceptors (Lipinski definition) is 2. The summed E-state index contributed by atoms with van der Waals surface area (Å²) in [7, 11) is 0. The van der Waals surface area contributed by atoms with Crippen LogP contribution in [-0.4, -0.2) is 9.97 Å². The van der Waals surface area contributed by atoms with E-state index in [1.807, 2.05) is 6.07 Å². The molecule has 0 fully saturated rings. The van der Waals surface area contributed by atoms with E-state index < -0.39 is 0 Å². The molecule has 10 aromatic rings. The van der Waals surface area contributed by atoms with Crippen LogP contribution in [0.5, 0.6) is 0 Å². The van der Waals surface area contributed by atoms with Crippen molar-refractivity contribution < 1.29 is 0 Å². The molecular formula is C53H36N2. The Kier molecular flexibility index (Phi) is 6.93. The van der Waals surface area contributed by atoms with Gasteiger partial charge in [-0.1, -0.05) is 178 Å². The summed E-state index contributed by atoms with van der Waals surface area (Å²) in [6, 6.07) is 65.9. The first-order chi connectivity index (χ1) is 27.0. The van der Waals surface area contributed by atoms with Crippen LogP contribution < -0.4 is 0 Å². The van der Waals surface area contributed by atoms with Gasteiger partial charge < -0.3 is 0 Å². The van der Waals surface area contributed by atoms with Gasteiger partial charge in [0.25, 0.3) is 0 Å². The molecule has 258 valence electrons. The summed E-state index contributed by atoms with van der Waals surface area (Å²) in [5.41, 5.74) is 16.4. The molecule has 0 aliphatic heterocycles. The highest BCUT2D eigenvalue weighted by atomic mass is 14.8. The van der Waals surface area contributed by atoms with Gasteiger partial charge in [-0.05, 0) is 84.3 Å². The van der Waals surface area contributed by atoms with E-state index in [1.54, 1.807) is 0 Å². The van der Waals surface area contributed by atoms with Gasteiger partial charge in [0.15, 0.2) is 0 Å². The van der Waals surface area contributed by atoms with Gasteiger partial charge >= 0.3 is 0 Å². The molecule has 2 heterocycles. The summed E-state index contributed by atoms with van der Waals surface area (Å²) in [6.45, 7) is 4.69. The van der Waals surface area contributed by atoms with E-state index in [1.165, 1.54) is 66.1 Å². The molecule has 1 aliphatic rings. The van der Waals surface area contributed by atoms with Crippen molar-refractivity contribution in [1.29, 1.82) is 0 Å². The third kappa shape index (κ3) is 4.88. The Morgan fingerprint density at radius 2 is 0.836 bits per heavy atom. The molecular weight excluding hydrogens is 665 g/mol. The number of aromatic nitrogens is 2. The second kappa shape index (κ2) is 12.1. The predicted molar refractivity (Wildman–Crippen MR) is 231 cm³/mol. The van der Waals surface area contributed by atoms with Gasteiger partial charge in [0, 0.05) is 27.3 Å². The van der Waals surface area contributed by atoms with Crippen LogP contribution >= 0.6 is 0 Å². The van der Waals surface area contributed by atoms with Crippen molar-refractivity contribution in [3.8, 4) is 55.9 Å². The summed E-state index contributed by atoms with van der Waals surface area (Å²) >= 11 is 0. The van der Waals surface area contributed by atoms with E-state index in [0.717, 1.165) is 44.3 Å². The first-order valence-electron chi connectivity index (χ1n) is 19.1. The molecule has 2 heteroatoms. The van der Waals surface area contributed by atoms with Crippen LogP contribution in [0.25, 0.3) is 99.2 Å². The molecule has 0 amide bonds. The van der Waals surface area contributed by atoms with Crippen molar-refractivity contribution in [1.82, 2.24) is 9.97 Å². The van der Waals surface area contributed by atoms with E-state index in [-0.39, 0.29) is 5.41 Å². The monoisotopic (exact) mass is 700 g/mol. The van der Waals surface area contributed by atoms with E-state index >= 15 is 0 Å². The third-order valence-electron chi connectivity index (χ3n) is 11.9. The second-order valence-electron chi connectivity index (χ2n) is 15.3. The average Bonchev–Trinajstić information content (AvgIpc) is 3.48. The minimum absolute atomic E-state index is 0.0317. The van der Waals surface area contributed by atoms with E-state index in [9.17, 15) is 0 Å². The second-order valence-corrected chi connectivity index (χ2v) is 15.3. The smallest absolute Gasteiger partial charge is 0.0972 e. The highest BCUT2D eigenvalue weighted by molar-refractivity contribution is 6.21. The number of pyridine rings is 2. The highest BCUT2D eigenvalue weighted by Gasteiger charge is 2.35. The Morgan fingerprint density at radius 3 is 1.51 bits per heavy atom. The van der Waals surface area contributed by atoms with Gasteiger partial charge in [-0.3, -0.25) is 0 Å². The van der Waals surface area contributed by atoms with Crippen LogP contribution in [0.15, 0.2) is 182 Å². The quantitative estimate of drug-likeness (QED) is 0.135. The SMILES string of the molecule is CC1(C)c2ccccc2-c2ccc(-c3ccc(-c4c5ccccc5c(-c5ccc6ccc7ccc(-c8ccccc8)nc7c6n5)c5ccccc45)cc3)cc21. The summed E-state index contributed by atoms with van der Waals surface area (Å²) < 4.78 is 0. The minimum Gasteiger partial charge on any atom is -0.245 e. The fourth-order valence-electron chi connectivity index (χ4n) is 9.11. The number of fused-ring (bicyclic) bond motifs is 8. The lowest BCUT2D eigenvalue weighted by Gasteiger charge is -2.22. The van der Waals surface area contributed by atoms with Crippen molar-refractivity contribution in [2.75, 3.05) is 0 Å². The third-order valence-corrected chi connectivity index (χ3v) is 11.9. The van der Waals surface area contributed by atoms with E-state index in [2.05, 4.69) is 190 Å². The lowest BCUT2D eigenvalue weighted by atomic mass is 9.81. The summed E-state index contributed by atoms with van der Waals surface area (Å²) in [5.74, 6) is 0. The zero-order chi connectivity index (χ0) is 36.7. The van der Waals surface area contributed by atoms with Crippen molar-refractivity contribution >= 4 is 43.4 Å². The van der Waals surface area contributed by atoms with Crippen molar-refractivity contribution in [2.45, 2.75) is 19.3 Å². The maximum absolute atomic E-state index is 5.44. The van der Waals surface area contributed by atoms with Gasteiger partial charge in [0.1, 0.15) is 0 Å². The molecule has 0 saturated carbocycles. The van der Waals surface area contributed by atoms with Crippen LogP contribution in [-0.2, 0) is 5.41 Å². The van der Waals surface area contributed by atoms with Crippen LogP contribution in [0, 0.1) is 0 Å². The first-order valence-corrected chi connectivity index (χ1v) is 19.1. The molecule has 2 aromatic heterocycles. The fourth-order valence-corrected chi connectivity index (χ4v) is 9.11. The standard InChI is InChI=1S/C53H36N2/c1-53(2)45-19-11-10-14-39(45)40-29-26-38(32-46(40)53)33-20-22-35(23-21-33)49-41-15-6-8-17-43(41)50(44-18-9-7-16-42(44)49)48-31-28-37-25-24-36-27-30-47(34-12-4-3-5-13-34)54-51(36)52(37)55-48/h3-32H,1-2H3. The minimum atomic E-state index is -0.0317. The fraction of sp³-hybridized carbons (Fsp3) is 0.0566. The Bertz CT molecular complexity index is 3100. The normalized spacial score (nSPS) is 13.1. The molecule has 0 atom stereocenters. The highest BCUT2D eigenvalue weighted by Crippen LogP contribution is 2.50. The molecule has 0 bridgehead atoms. The van der Waals surface area contributed by atoms with Gasteiger partial charge in [0.05, 0.1) is 22.4 Å². The van der Waals surface area contributed by atoms with Crippen molar-refractivity contribution in [3.63, 3.8) is 0 Å². The lowest BCUT2D eigenvalue weighted by molar-refractivity contribution is 0.660. The maximum atomic E-state index is 5.44. The average molecular weight is 701 g/mol. The van der Waals surface area contributed by atoms with Gasteiger partial charge in [-0.15, -0.1) is 0 Å². The molecule has 55 heavy (non-hydrogen) atoms. The van der Waals surface area contributed by atoms with E-state index in [0.29, 0.717) is 0 Å². The van der Waals surface area contributed by atoms with E-state index in [4.69, 9.17) is 9.97 Å². The Balaban J connectivity index is 1.05. The molecule has 0 spiro atoms. The largest absolute Gasteiger partial charge is 0.245 e. The topological polar surface area (TPSA) is 25.8 Å². The summed E-state index contributed by atoms with van der Waals surface area (Å²) in [6.07, 6.45) is 0. The van der Waals surface area contributed by atoms with Gasteiger partial charge in [-0.2, -0.15) is 0 Å². The predicted octanol–water partition coefficient (Wildman–Crippen LogP) is 14.1. The molecule has 0 unspecified atom stereocenters. The summed E-state index contributed by atoms with van der Waals surface area (Å²) in [5, 5.41) is 6.96. The Hall–Kier alpha value is -6.90. The van der Waals surface area contributed by atoms with Crippen molar-refractivity contribution in [2.24, 2.45) is 0 Å². The number of benzene rings is 8. The molecule has 1 aliphatic carbocycles. The van der Waals surface area contributed by atoms with Gasteiger partial charge in [-0.25, -0.2) is 9.97 Å². The molecule has 0 saturated heterocycles. The van der Waals surface area contributed by atoms with Crippen LogP contribution in [0.4, 0.5) is 0 Å². The molecule has 0 radical (unpaired) electrons. The molecule has 2 nitrogen and oxygen atoms in total.